The van der Waals surface area contributed by atoms with Crippen LogP contribution in [0.25, 0.3) is 43.6 Å². The molecule has 0 saturated heterocycles. The average molecular weight is 431 g/mol. The Morgan fingerprint density at radius 2 is 1.42 bits per heavy atom. The lowest BCUT2D eigenvalue weighted by atomic mass is 9.60. The lowest BCUT2D eigenvalue weighted by Gasteiger charge is -2.46. The molecule has 2 atom stereocenters. The van der Waals surface area contributed by atoms with Gasteiger partial charge in [0.05, 0.1) is 16.4 Å². The number of benzene rings is 4. The van der Waals surface area contributed by atoms with Crippen LogP contribution in [-0.2, 0) is 11.0 Å². The van der Waals surface area contributed by atoms with E-state index in [1.54, 1.807) is 0 Å². The van der Waals surface area contributed by atoms with Crippen LogP contribution in [0.15, 0.2) is 79.0 Å². The Balaban J connectivity index is 1.81. The molecule has 1 heteroatoms. The minimum Gasteiger partial charge on any atom is -0.192 e. The molecule has 0 bridgehead atoms. The number of hydrogen-bond acceptors (Lipinski definition) is 0. The first-order valence-corrected chi connectivity index (χ1v) is 12.3. The van der Waals surface area contributed by atoms with E-state index in [-0.39, 0.29) is 11.0 Å². The molecule has 164 valence electrons. The maximum Gasteiger partial charge on any atom is 0.221 e. The summed E-state index contributed by atoms with van der Waals surface area (Å²) in [5.74, 6) is 0. The van der Waals surface area contributed by atoms with Crippen LogP contribution >= 0.6 is 0 Å². The highest BCUT2D eigenvalue weighted by molar-refractivity contribution is 6.20. The number of nitrogens with zero attached hydrogens (tertiary/aromatic N) is 1. The SMILES string of the molecule is CCC1(C)c2ccccc2-c2c3ccc4c5ccccc5cc(C)c4c3cc[n+]2C1(C)CC. The predicted molar refractivity (Wildman–Crippen MR) is 141 cm³/mol. The zero-order valence-electron chi connectivity index (χ0n) is 20.4. The van der Waals surface area contributed by atoms with E-state index in [9.17, 15) is 0 Å². The van der Waals surface area contributed by atoms with Crippen molar-refractivity contribution in [3.8, 4) is 11.3 Å². The second-order valence-corrected chi connectivity index (χ2v) is 10.3. The minimum atomic E-state index is 0.00696. The largest absolute Gasteiger partial charge is 0.221 e. The van der Waals surface area contributed by atoms with Crippen molar-refractivity contribution in [1.29, 1.82) is 0 Å². The molecule has 0 radical (unpaired) electrons. The van der Waals surface area contributed by atoms with E-state index in [2.05, 4.69) is 118 Å². The molecule has 0 spiro atoms. The highest BCUT2D eigenvalue weighted by Gasteiger charge is 2.56. The molecule has 5 aromatic rings. The van der Waals surface area contributed by atoms with Gasteiger partial charge in [0.25, 0.3) is 0 Å². The second kappa shape index (κ2) is 6.90. The van der Waals surface area contributed by atoms with Crippen LogP contribution in [0.4, 0.5) is 0 Å². The quantitative estimate of drug-likeness (QED) is 0.196. The van der Waals surface area contributed by atoms with Gasteiger partial charge in [-0.25, -0.2) is 0 Å². The zero-order valence-corrected chi connectivity index (χ0v) is 20.4. The molecule has 33 heavy (non-hydrogen) atoms. The summed E-state index contributed by atoms with van der Waals surface area (Å²) in [5.41, 5.74) is 5.67. The molecule has 1 aliphatic heterocycles. The molecule has 1 nitrogen and oxygen atoms in total. The third kappa shape index (κ3) is 2.46. The molecule has 4 aromatic carbocycles. The van der Waals surface area contributed by atoms with E-state index in [1.165, 1.54) is 54.7 Å². The smallest absolute Gasteiger partial charge is 0.192 e. The van der Waals surface area contributed by atoms with Gasteiger partial charge in [-0.2, -0.15) is 4.57 Å². The summed E-state index contributed by atoms with van der Waals surface area (Å²) in [6.07, 6.45) is 4.58. The number of rotatable bonds is 2. The molecule has 1 aromatic heterocycles. The van der Waals surface area contributed by atoms with E-state index in [4.69, 9.17) is 0 Å². The molecule has 0 amide bonds. The maximum absolute atomic E-state index is 2.60. The number of aryl methyl sites for hydroxylation is 1. The van der Waals surface area contributed by atoms with E-state index in [0.29, 0.717) is 0 Å². The third-order valence-electron chi connectivity index (χ3n) is 9.04. The molecular weight excluding hydrogens is 398 g/mol. The van der Waals surface area contributed by atoms with E-state index in [1.807, 2.05) is 0 Å². The van der Waals surface area contributed by atoms with Gasteiger partial charge in [0, 0.05) is 24.8 Å². The second-order valence-electron chi connectivity index (χ2n) is 10.3. The van der Waals surface area contributed by atoms with Gasteiger partial charge in [0.1, 0.15) is 0 Å². The Hall–Kier alpha value is -3.19. The van der Waals surface area contributed by atoms with Gasteiger partial charge in [-0.1, -0.05) is 68.4 Å². The molecule has 0 N–H and O–H groups in total. The average Bonchev–Trinajstić information content (AvgIpc) is 2.86. The Bertz CT molecular complexity index is 1580. The van der Waals surface area contributed by atoms with Gasteiger partial charge >= 0.3 is 0 Å². The first kappa shape index (κ1) is 20.4. The topological polar surface area (TPSA) is 3.88 Å². The maximum atomic E-state index is 2.60. The van der Waals surface area contributed by atoms with E-state index in [0.717, 1.165) is 12.8 Å². The lowest BCUT2D eigenvalue weighted by Crippen LogP contribution is -2.67. The van der Waals surface area contributed by atoms with Gasteiger partial charge in [0.2, 0.25) is 5.69 Å². The van der Waals surface area contributed by atoms with E-state index < -0.39 is 0 Å². The summed E-state index contributed by atoms with van der Waals surface area (Å²) in [6.45, 7) is 11.9. The molecule has 1 aliphatic rings. The van der Waals surface area contributed by atoms with Crippen LogP contribution in [0.1, 0.15) is 51.7 Å². The third-order valence-corrected chi connectivity index (χ3v) is 9.04. The van der Waals surface area contributed by atoms with Crippen molar-refractivity contribution >= 4 is 32.3 Å². The number of pyridine rings is 1. The Labute approximate surface area is 196 Å². The van der Waals surface area contributed by atoms with Crippen LogP contribution in [0.3, 0.4) is 0 Å². The molecule has 0 saturated carbocycles. The van der Waals surface area contributed by atoms with Crippen LogP contribution in [0.2, 0.25) is 0 Å². The molecule has 0 aliphatic carbocycles. The monoisotopic (exact) mass is 430 g/mol. The molecule has 0 fully saturated rings. The van der Waals surface area contributed by atoms with Gasteiger partial charge in [0.15, 0.2) is 11.7 Å². The van der Waals surface area contributed by atoms with Crippen molar-refractivity contribution in [2.24, 2.45) is 0 Å². The highest BCUT2D eigenvalue weighted by atomic mass is 15.1. The lowest BCUT2D eigenvalue weighted by molar-refractivity contribution is -0.764. The van der Waals surface area contributed by atoms with Gasteiger partial charge < -0.3 is 0 Å². The predicted octanol–water partition coefficient (Wildman–Crippen LogP) is 8.22. The first-order chi connectivity index (χ1) is 15.9. The normalized spacial score (nSPS) is 22.0. The van der Waals surface area contributed by atoms with Crippen molar-refractivity contribution in [3.63, 3.8) is 0 Å². The van der Waals surface area contributed by atoms with Crippen molar-refractivity contribution in [2.45, 2.75) is 58.4 Å². The van der Waals surface area contributed by atoms with Crippen molar-refractivity contribution in [2.75, 3.05) is 0 Å². The fourth-order valence-corrected chi connectivity index (χ4v) is 6.72. The first-order valence-electron chi connectivity index (χ1n) is 12.3. The summed E-state index contributed by atoms with van der Waals surface area (Å²) < 4.78 is 2.60. The van der Waals surface area contributed by atoms with Crippen LogP contribution in [0, 0.1) is 6.92 Å². The molecule has 2 unspecified atom stereocenters. The Morgan fingerprint density at radius 3 is 2.21 bits per heavy atom. The molecular formula is C32H32N+. The number of aromatic nitrogens is 1. The van der Waals surface area contributed by atoms with Crippen LogP contribution < -0.4 is 4.57 Å². The van der Waals surface area contributed by atoms with E-state index >= 15 is 0 Å². The summed E-state index contributed by atoms with van der Waals surface area (Å²) in [6, 6.07) is 27.3. The van der Waals surface area contributed by atoms with Gasteiger partial charge in [-0.15, -0.1) is 0 Å². The highest BCUT2D eigenvalue weighted by Crippen LogP contribution is 2.51. The summed E-state index contributed by atoms with van der Waals surface area (Å²) in [4.78, 5) is 0. The summed E-state index contributed by atoms with van der Waals surface area (Å²) >= 11 is 0. The van der Waals surface area contributed by atoms with Crippen molar-refractivity contribution in [1.82, 2.24) is 0 Å². The molecule has 2 heterocycles. The summed E-state index contributed by atoms with van der Waals surface area (Å²) in [5, 5.41) is 8.10. The van der Waals surface area contributed by atoms with Gasteiger partial charge in [-0.3, -0.25) is 0 Å². The Morgan fingerprint density at radius 1 is 0.727 bits per heavy atom. The van der Waals surface area contributed by atoms with Crippen LogP contribution in [-0.4, -0.2) is 0 Å². The summed E-state index contributed by atoms with van der Waals surface area (Å²) in [7, 11) is 0. The minimum absolute atomic E-state index is 0.00696. The standard InChI is InChI=1S/C32H32N/c1-6-31(4)28-15-11-10-14-27(28)30-26-17-16-24-23-13-9-8-12-22(23)20-21(3)29(24)25(26)18-19-33(30)32(31,5)7-2/h8-20H,6-7H2,1-5H3/q+1. The molecule has 6 rings (SSSR count). The number of fused-ring (bicyclic) bond motifs is 9. The Kier molecular flexibility index (Phi) is 4.27. The van der Waals surface area contributed by atoms with Gasteiger partial charge in [-0.05, 0) is 65.1 Å². The number of hydrogen-bond donors (Lipinski definition) is 0. The van der Waals surface area contributed by atoms with Crippen molar-refractivity contribution in [3.05, 3.63) is 90.1 Å². The van der Waals surface area contributed by atoms with Crippen molar-refractivity contribution < 1.29 is 4.57 Å². The fraction of sp³-hybridized carbons (Fsp3) is 0.281. The zero-order chi connectivity index (χ0) is 23.0. The van der Waals surface area contributed by atoms with Crippen LogP contribution in [0.5, 0.6) is 0 Å². The fourth-order valence-electron chi connectivity index (χ4n) is 6.72.